The maximum atomic E-state index is 12.7. The lowest BCUT2D eigenvalue weighted by Crippen LogP contribution is -2.56. The van der Waals surface area contributed by atoms with E-state index in [1.165, 1.54) is 0 Å². The first-order valence-corrected chi connectivity index (χ1v) is 6.91. The number of nitrogens with two attached hydrogens (primary N) is 1. The summed E-state index contributed by atoms with van der Waals surface area (Å²) in [6.07, 6.45) is 2.61. The Hall–Kier alpha value is -1.39. The van der Waals surface area contributed by atoms with Crippen LogP contribution in [0, 0.1) is 0 Å². The molecule has 1 aromatic carbocycles. The van der Waals surface area contributed by atoms with Gasteiger partial charge in [0.15, 0.2) is 0 Å². The highest BCUT2D eigenvalue weighted by atomic mass is 16.5. The number of para-hydroxylation sites is 1. The largest absolute Gasteiger partial charge is 0.379 e. The summed E-state index contributed by atoms with van der Waals surface area (Å²) in [7, 11) is 0. The SMILES string of the molecule is CCCCN(C(=O)C1(N)CCOC1)c1ccccc1. The quantitative estimate of drug-likeness (QED) is 0.882. The van der Waals surface area contributed by atoms with Crippen molar-refractivity contribution in [3.63, 3.8) is 0 Å². The molecule has 0 aliphatic carbocycles. The van der Waals surface area contributed by atoms with Gasteiger partial charge in [-0.05, 0) is 25.0 Å². The van der Waals surface area contributed by atoms with E-state index >= 15 is 0 Å². The lowest BCUT2D eigenvalue weighted by molar-refractivity contribution is -0.123. The number of hydrogen-bond donors (Lipinski definition) is 1. The number of benzene rings is 1. The van der Waals surface area contributed by atoms with Crippen LogP contribution >= 0.6 is 0 Å². The Labute approximate surface area is 114 Å². The molecule has 2 N–H and O–H groups in total. The fourth-order valence-electron chi connectivity index (χ4n) is 2.29. The lowest BCUT2D eigenvalue weighted by Gasteiger charge is -2.30. The summed E-state index contributed by atoms with van der Waals surface area (Å²) in [5.41, 5.74) is 6.25. The second-order valence-electron chi connectivity index (χ2n) is 5.10. The van der Waals surface area contributed by atoms with Crippen molar-refractivity contribution in [1.29, 1.82) is 0 Å². The van der Waals surface area contributed by atoms with Gasteiger partial charge in [0, 0.05) is 18.8 Å². The van der Waals surface area contributed by atoms with E-state index in [4.69, 9.17) is 10.5 Å². The number of nitrogens with zero attached hydrogens (tertiary/aromatic N) is 1. The molecular formula is C15H22N2O2. The molecule has 104 valence electrons. The molecule has 1 heterocycles. The number of ether oxygens (including phenoxy) is 1. The molecule has 19 heavy (non-hydrogen) atoms. The minimum atomic E-state index is -0.858. The van der Waals surface area contributed by atoms with Crippen molar-refractivity contribution in [2.75, 3.05) is 24.7 Å². The van der Waals surface area contributed by atoms with Crippen LogP contribution in [0.5, 0.6) is 0 Å². The van der Waals surface area contributed by atoms with Crippen molar-refractivity contribution < 1.29 is 9.53 Å². The Kier molecular flexibility index (Phi) is 4.56. The molecule has 1 atom stereocenters. The van der Waals surface area contributed by atoms with Crippen LogP contribution in [0.3, 0.4) is 0 Å². The van der Waals surface area contributed by atoms with Gasteiger partial charge in [0.2, 0.25) is 5.91 Å². The van der Waals surface area contributed by atoms with Crippen LogP contribution in [0.2, 0.25) is 0 Å². The molecule has 1 fully saturated rings. The van der Waals surface area contributed by atoms with Gasteiger partial charge in [-0.1, -0.05) is 31.5 Å². The van der Waals surface area contributed by atoms with E-state index in [2.05, 4.69) is 6.92 Å². The van der Waals surface area contributed by atoms with Gasteiger partial charge in [0.25, 0.3) is 0 Å². The van der Waals surface area contributed by atoms with E-state index in [9.17, 15) is 4.79 Å². The minimum Gasteiger partial charge on any atom is -0.379 e. The number of amides is 1. The summed E-state index contributed by atoms with van der Waals surface area (Å²) in [5.74, 6) is -0.0235. The highest BCUT2D eigenvalue weighted by molar-refractivity contribution is 6.00. The van der Waals surface area contributed by atoms with Crippen molar-refractivity contribution in [2.24, 2.45) is 5.73 Å². The fraction of sp³-hybridized carbons (Fsp3) is 0.533. The number of unbranched alkanes of at least 4 members (excludes halogenated alkanes) is 1. The van der Waals surface area contributed by atoms with E-state index in [0.29, 0.717) is 26.2 Å². The fourth-order valence-corrected chi connectivity index (χ4v) is 2.29. The van der Waals surface area contributed by atoms with Crippen LogP contribution in [-0.2, 0) is 9.53 Å². The van der Waals surface area contributed by atoms with Gasteiger partial charge >= 0.3 is 0 Å². The average Bonchev–Trinajstić information content (AvgIpc) is 2.88. The lowest BCUT2D eigenvalue weighted by atomic mass is 9.97. The van der Waals surface area contributed by atoms with E-state index < -0.39 is 5.54 Å². The van der Waals surface area contributed by atoms with Crippen LogP contribution in [0.15, 0.2) is 30.3 Å². The number of anilines is 1. The normalized spacial score (nSPS) is 22.4. The highest BCUT2D eigenvalue weighted by Crippen LogP contribution is 2.23. The van der Waals surface area contributed by atoms with Gasteiger partial charge in [-0.15, -0.1) is 0 Å². The van der Waals surface area contributed by atoms with Gasteiger partial charge in [-0.25, -0.2) is 0 Å². The molecule has 1 saturated heterocycles. The standard InChI is InChI=1S/C15H22N2O2/c1-2-3-10-17(13-7-5-4-6-8-13)14(18)15(16)9-11-19-12-15/h4-8H,2-3,9-12,16H2,1H3. The van der Waals surface area contributed by atoms with Gasteiger partial charge < -0.3 is 15.4 Å². The van der Waals surface area contributed by atoms with Crippen LogP contribution in [0.4, 0.5) is 5.69 Å². The smallest absolute Gasteiger partial charge is 0.249 e. The van der Waals surface area contributed by atoms with Gasteiger partial charge in [0.1, 0.15) is 5.54 Å². The van der Waals surface area contributed by atoms with E-state index in [1.807, 2.05) is 30.3 Å². The molecule has 0 saturated carbocycles. The molecular weight excluding hydrogens is 240 g/mol. The molecule has 1 aliphatic rings. The Balaban J connectivity index is 2.20. The van der Waals surface area contributed by atoms with Crippen molar-refractivity contribution in [3.8, 4) is 0 Å². The van der Waals surface area contributed by atoms with Crippen LogP contribution < -0.4 is 10.6 Å². The zero-order valence-electron chi connectivity index (χ0n) is 11.5. The number of carbonyl (C=O) groups is 1. The summed E-state index contributed by atoms with van der Waals surface area (Å²) >= 11 is 0. The third-order valence-corrected chi connectivity index (χ3v) is 3.53. The second kappa shape index (κ2) is 6.17. The predicted octanol–water partition coefficient (Wildman–Crippen LogP) is 1.94. The monoisotopic (exact) mass is 262 g/mol. The van der Waals surface area contributed by atoms with E-state index in [-0.39, 0.29) is 5.91 Å². The zero-order chi connectivity index (χ0) is 13.7. The molecule has 0 radical (unpaired) electrons. The van der Waals surface area contributed by atoms with Gasteiger partial charge in [-0.2, -0.15) is 0 Å². The Bertz CT molecular complexity index is 413. The topological polar surface area (TPSA) is 55.6 Å². The van der Waals surface area contributed by atoms with Crippen molar-refractivity contribution in [1.82, 2.24) is 0 Å². The predicted molar refractivity (Wildman–Crippen MR) is 76.1 cm³/mol. The third kappa shape index (κ3) is 3.14. The second-order valence-corrected chi connectivity index (χ2v) is 5.10. The minimum absolute atomic E-state index is 0.0235. The third-order valence-electron chi connectivity index (χ3n) is 3.53. The maximum absolute atomic E-state index is 12.7. The molecule has 1 aliphatic heterocycles. The van der Waals surface area contributed by atoms with Crippen molar-refractivity contribution in [2.45, 2.75) is 31.7 Å². The first kappa shape index (κ1) is 14.0. The Morgan fingerprint density at radius 3 is 2.74 bits per heavy atom. The Morgan fingerprint density at radius 1 is 1.42 bits per heavy atom. The molecule has 0 bridgehead atoms. The van der Waals surface area contributed by atoms with E-state index in [1.54, 1.807) is 4.90 Å². The molecule has 2 rings (SSSR count). The number of rotatable bonds is 5. The molecule has 0 aromatic heterocycles. The van der Waals surface area contributed by atoms with Crippen molar-refractivity contribution in [3.05, 3.63) is 30.3 Å². The van der Waals surface area contributed by atoms with Crippen LogP contribution in [0.1, 0.15) is 26.2 Å². The Morgan fingerprint density at radius 2 is 2.16 bits per heavy atom. The summed E-state index contributed by atoms with van der Waals surface area (Å²) in [6.45, 7) is 3.71. The first-order valence-electron chi connectivity index (χ1n) is 6.91. The molecule has 4 nitrogen and oxygen atoms in total. The summed E-state index contributed by atoms with van der Waals surface area (Å²) in [4.78, 5) is 14.5. The summed E-state index contributed by atoms with van der Waals surface area (Å²) < 4.78 is 5.30. The maximum Gasteiger partial charge on any atom is 0.249 e. The van der Waals surface area contributed by atoms with Crippen LogP contribution in [0.25, 0.3) is 0 Å². The van der Waals surface area contributed by atoms with Crippen molar-refractivity contribution >= 4 is 11.6 Å². The first-order chi connectivity index (χ1) is 9.17. The molecule has 1 unspecified atom stereocenters. The van der Waals surface area contributed by atoms with Gasteiger partial charge in [-0.3, -0.25) is 4.79 Å². The van der Waals surface area contributed by atoms with Crippen LogP contribution in [-0.4, -0.2) is 31.2 Å². The number of hydrogen-bond acceptors (Lipinski definition) is 3. The summed E-state index contributed by atoms with van der Waals surface area (Å²) in [5, 5.41) is 0. The van der Waals surface area contributed by atoms with E-state index in [0.717, 1.165) is 18.5 Å². The van der Waals surface area contributed by atoms with Gasteiger partial charge in [0.05, 0.1) is 6.61 Å². The highest BCUT2D eigenvalue weighted by Gasteiger charge is 2.41. The zero-order valence-corrected chi connectivity index (χ0v) is 11.5. The molecule has 4 heteroatoms. The average molecular weight is 262 g/mol. The molecule has 1 amide bonds. The summed E-state index contributed by atoms with van der Waals surface area (Å²) in [6, 6.07) is 9.73. The molecule has 0 spiro atoms. The number of carbonyl (C=O) groups excluding carboxylic acids is 1. The molecule has 1 aromatic rings.